The van der Waals surface area contributed by atoms with Gasteiger partial charge in [0.2, 0.25) is 11.0 Å². The van der Waals surface area contributed by atoms with Gasteiger partial charge in [-0.1, -0.05) is 40.5 Å². The van der Waals surface area contributed by atoms with Gasteiger partial charge in [0.15, 0.2) is 9.47 Å². The van der Waals surface area contributed by atoms with Crippen LogP contribution in [0.5, 0.6) is 0 Å². The highest BCUT2D eigenvalue weighted by molar-refractivity contribution is 8.01. The van der Waals surface area contributed by atoms with Crippen LogP contribution >= 0.6 is 34.4 Å². The average Bonchev–Trinajstić information content (AvgIpc) is 3.39. The van der Waals surface area contributed by atoms with Crippen LogP contribution in [0.2, 0.25) is 0 Å². The van der Waals surface area contributed by atoms with Gasteiger partial charge in [-0.15, -0.1) is 10.2 Å². The first-order valence-corrected chi connectivity index (χ1v) is 11.7. The first kappa shape index (κ1) is 19.6. The smallest absolute Gasteiger partial charge is 0.236 e. The minimum absolute atomic E-state index is 0.0949. The van der Waals surface area contributed by atoms with Gasteiger partial charge in [0.25, 0.3) is 0 Å². The second-order valence-corrected chi connectivity index (χ2v) is 9.90. The fourth-order valence-electron chi connectivity index (χ4n) is 3.05. The molecule has 28 heavy (non-hydrogen) atoms. The quantitative estimate of drug-likeness (QED) is 0.540. The number of carbonyl (C=O) groups is 1. The first-order valence-electron chi connectivity index (χ1n) is 9.06. The molecule has 1 atom stereocenters. The van der Waals surface area contributed by atoms with Gasteiger partial charge in [-0.2, -0.15) is 0 Å². The summed E-state index contributed by atoms with van der Waals surface area (Å²) in [6, 6.07) is 4.19. The van der Waals surface area contributed by atoms with Crippen molar-refractivity contribution in [3.05, 3.63) is 23.3 Å². The molecule has 3 aromatic rings. The van der Waals surface area contributed by atoms with Crippen molar-refractivity contribution >= 4 is 60.8 Å². The van der Waals surface area contributed by atoms with Crippen molar-refractivity contribution in [3.63, 3.8) is 0 Å². The number of aryl methyl sites for hydroxylation is 2. The molecule has 0 spiro atoms. The Kier molecular flexibility index (Phi) is 6.10. The van der Waals surface area contributed by atoms with Crippen molar-refractivity contribution in [1.82, 2.24) is 15.2 Å². The van der Waals surface area contributed by atoms with Gasteiger partial charge in [0, 0.05) is 13.2 Å². The lowest BCUT2D eigenvalue weighted by molar-refractivity contribution is -0.113. The Bertz CT molecular complexity index is 981. The predicted molar refractivity (Wildman–Crippen MR) is 116 cm³/mol. The number of rotatable bonds is 7. The Hall–Kier alpha value is -1.75. The summed E-state index contributed by atoms with van der Waals surface area (Å²) < 4.78 is 7.44. The third kappa shape index (κ3) is 4.80. The summed E-state index contributed by atoms with van der Waals surface area (Å²) >= 11 is 4.33. The van der Waals surface area contributed by atoms with E-state index in [1.807, 2.05) is 6.92 Å². The fourth-order valence-corrected chi connectivity index (χ4v) is 5.67. The Morgan fingerprint density at radius 2 is 2.18 bits per heavy atom. The van der Waals surface area contributed by atoms with Gasteiger partial charge in [-0.05, 0) is 43.9 Å². The number of ether oxygens (including phenoxy) is 1. The first-order chi connectivity index (χ1) is 13.6. The van der Waals surface area contributed by atoms with Crippen molar-refractivity contribution in [1.29, 1.82) is 0 Å². The number of thiazole rings is 1. The molecular formula is C18H21N5O2S3. The molecule has 148 valence electrons. The summed E-state index contributed by atoms with van der Waals surface area (Å²) in [6.07, 6.45) is 2.46. The standard InChI is InChI=1S/C18H21N5O2S3/c1-10-6-11(2)15-13(7-10)27-17(21-15)20-14(24)9-26-18-23-22-16(28-18)19-8-12-4-3-5-25-12/h6-7,12H,3-5,8-9H2,1-2H3,(H,19,22)(H,20,21,24)/t12-/m0/s1. The Morgan fingerprint density at radius 3 is 3.00 bits per heavy atom. The molecule has 0 unspecified atom stereocenters. The minimum atomic E-state index is -0.0949. The number of amides is 1. The third-order valence-electron chi connectivity index (χ3n) is 4.31. The molecule has 1 aromatic carbocycles. The van der Waals surface area contributed by atoms with E-state index in [0.29, 0.717) is 5.13 Å². The zero-order valence-electron chi connectivity index (χ0n) is 15.7. The lowest BCUT2D eigenvalue weighted by atomic mass is 10.1. The molecule has 1 amide bonds. The Morgan fingerprint density at radius 1 is 1.29 bits per heavy atom. The van der Waals surface area contributed by atoms with E-state index >= 15 is 0 Å². The van der Waals surface area contributed by atoms with E-state index in [1.54, 1.807) is 0 Å². The molecule has 2 N–H and O–H groups in total. The normalized spacial score (nSPS) is 16.6. The maximum Gasteiger partial charge on any atom is 0.236 e. The molecule has 1 aliphatic rings. The van der Waals surface area contributed by atoms with Crippen molar-refractivity contribution in [2.45, 2.75) is 37.1 Å². The Labute approximate surface area is 175 Å². The van der Waals surface area contributed by atoms with E-state index < -0.39 is 0 Å². The molecule has 2 aromatic heterocycles. The number of carbonyl (C=O) groups excluding carboxylic acids is 1. The zero-order valence-corrected chi connectivity index (χ0v) is 18.1. The highest BCUT2D eigenvalue weighted by atomic mass is 32.2. The zero-order chi connectivity index (χ0) is 19.5. The van der Waals surface area contributed by atoms with Crippen LogP contribution in [0.3, 0.4) is 0 Å². The van der Waals surface area contributed by atoms with Crippen molar-refractivity contribution in [2.24, 2.45) is 0 Å². The molecule has 1 saturated heterocycles. The minimum Gasteiger partial charge on any atom is -0.376 e. The number of hydrogen-bond acceptors (Lipinski definition) is 9. The maximum absolute atomic E-state index is 12.3. The summed E-state index contributed by atoms with van der Waals surface area (Å²) in [5, 5.41) is 15.8. The van der Waals surface area contributed by atoms with E-state index in [1.165, 1.54) is 40.0 Å². The topological polar surface area (TPSA) is 89.0 Å². The number of nitrogens with one attached hydrogen (secondary N) is 2. The second-order valence-electron chi connectivity index (χ2n) is 6.67. The summed E-state index contributed by atoms with van der Waals surface area (Å²) in [5.74, 6) is 0.177. The van der Waals surface area contributed by atoms with Gasteiger partial charge in [-0.3, -0.25) is 4.79 Å². The number of fused-ring (bicyclic) bond motifs is 1. The lowest BCUT2D eigenvalue weighted by Crippen LogP contribution is -2.18. The van der Waals surface area contributed by atoms with Crippen LogP contribution in [0.15, 0.2) is 16.5 Å². The highest BCUT2D eigenvalue weighted by Gasteiger charge is 2.16. The van der Waals surface area contributed by atoms with E-state index in [2.05, 4.69) is 44.9 Å². The summed E-state index contributed by atoms with van der Waals surface area (Å²) in [5.41, 5.74) is 3.27. The van der Waals surface area contributed by atoms with Crippen LogP contribution in [0.25, 0.3) is 10.2 Å². The highest BCUT2D eigenvalue weighted by Crippen LogP contribution is 2.30. The van der Waals surface area contributed by atoms with E-state index in [4.69, 9.17) is 4.74 Å². The molecule has 1 fully saturated rings. The lowest BCUT2D eigenvalue weighted by Gasteiger charge is -2.08. The van der Waals surface area contributed by atoms with Gasteiger partial charge in [0.1, 0.15) is 0 Å². The number of hydrogen-bond donors (Lipinski definition) is 2. The third-order valence-corrected chi connectivity index (χ3v) is 7.25. The number of thioether (sulfide) groups is 1. The fraction of sp³-hybridized carbons (Fsp3) is 0.444. The van der Waals surface area contributed by atoms with Crippen molar-refractivity contribution < 1.29 is 9.53 Å². The van der Waals surface area contributed by atoms with Gasteiger partial charge >= 0.3 is 0 Å². The second kappa shape index (κ2) is 8.73. The SMILES string of the molecule is Cc1cc(C)c2nc(NC(=O)CSc3nnc(NC[C@@H]4CCCO4)s3)sc2c1. The summed E-state index contributed by atoms with van der Waals surface area (Å²) in [6.45, 7) is 5.69. The van der Waals surface area contributed by atoms with Gasteiger partial charge in [-0.25, -0.2) is 4.98 Å². The molecule has 7 nitrogen and oxygen atoms in total. The van der Waals surface area contributed by atoms with Crippen LogP contribution in [0.1, 0.15) is 24.0 Å². The maximum atomic E-state index is 12.3. The van der Waals surface area contributed by atoms with Crippen LogP contribution in [0.4, 0.5) is 10.3 Å². The molecule has 0 saturated carbocycles. The van der Waals surface area contributed by atoms with Crippen LogP contribution in [-0.2, 0) is 9.53 Å². The molecule has 4 rings (SSSR count). The summed E-state index contributed by atoms with van der Waals surface area (Å²) in [4.78, 5) is 16.8. The van der Waals surface area contributed by atoms with E-state index in [9.17, 15) is 4.79 Å². The molecule has 0 bridgehead atoms. The number of nitrogens with zero attached hydrogens (tertiary/aromatic N) is 3. The number of aromatic nitrogens is 3. The van der Waals surface area contributed by atoms with Crippen LogP contribution < -0.4 is 10.6 Å². The average molecular weight is 436 g/mol. The molecule has 1 aliphatic heterocycles. The van der Waals surface area contributed by atoms with Crippen molar-refractivity contribution in [3.8, 4) is 0 Å². The van der Waals surface area contributed by atoms with Crippen LogP contribution in [0, 0.1) is 13.8 Å². The molecule has 3 heterocycles. The largest absolute Gasteiger partial charge is 0.376 e. The van der Waals surface area contributed by atoms with Crippen LogP contribution in [-0.4, -0.2) is 46.1 Å². The van der Waals surface area contributed by atoms with E-state index in [0.717, 1.165) is 51.2 Å². The molecule has 0 radical (unpaired) electrons. The molecule has 10 heteroatoms. The molecule has 0 aliphatic carbocycles. The van der Waals surface area contributed by atoms with E-state index in [-0.39, 0.29) is 17.8 Å². The Balaban J connectivity index is 1.28. The van der Waals surface area contributed by atoms with Gasteiger partial charge < -0.3 is 15.4 Å². The summed E-state index contributed by atoms with van der Waals surface area (Å²) in [7, 11) is 0. The molecular weight excluding hydrogens is 414 g/mol. The van der Waals surface area contributed by atoms with Crippen molar-refractivity contribution in [2.75, 3.05) is 29.5 Å². The monoisotopic (exact) mass is 435 g/mol. The number of benzene rings is 1. The number of anilines is 2. The van der Waals surface area contributed by atoms with Gasteiger partial charge in [0.05, 0.1) is 22.1 Å². The predicted octanol–water partition coefficient (Wildman–Crippen LogP) is 4.09.